The number of anilines is 1. The zero-order valence-electron chi connectivity index (χ0n) is 11.8. The van der Waals surface area contributed by atoms with Crippen molar-refractivity contribution < 1.29 is 9.90 Å². The van der Waals surface area contributed by atoms with E-state index in [0.29, 0.717) is 0 Å². The number of benzene rings is 1. The fourth-order valence-corrected chi connectivity index (χ4v) is 1.48. The molecule has 0 aliphatic heterocycles. The van der Waals surface area contributed by atoms with Crippen LogP contribution in [0.4, 0.5) is 5.69 Å². The maximum atomic E-state index is 10.0. The maximum Gasteiger partial charge on any atom is 0.320 e. The molecule has 0 heterocycles. The number of rotatable bonds is 2. The van der Waals surface area contributed by atoms with Crippen molar-refractivity contribution in [1.82, 2.24) is 0 Å². The van der Waals surface area contributed by atoms with Crippen LogP contribution in [0.25, 0.3) is 0 Å². The van der Waals surface area contributed by atoms with Crippen LogP contribution in [0, 0.1) is 26.7 Å². The molecule has 1 aromatic carbocycles. The number of carboxylic acids is 1. The summed E-state index contributed by atoms with van der Waals surface area (Å²) in [4.78, 5) is 10.0. The van der Waals surface area contributed by atoms with Gasteiger partial charge in [-0.25, -0.2) is 0 Å². The highest BCUT2D eigenvalue weighted by Crippen LogP contribution is 2.17. The molecule has 0 fully saturated rings. The molecular weight excluding hydrogens is 228 g/mol. The molecule has 102 valence electrons. The first-order valence-electron chi connectivity index (χ1n) is 5.98. The summed E-state index contributed by atoms with van der Waals surface area (Å²) in [5, 5.41) is 8.23. The van der Waals surface area contributed by atoms with Crippen LogP contribution >= 0.6 is 0 Å². The molecular formula is C14H24N2O2. The van der Waals surface area contributed by atoms with Gasteiger partial charge in [0.15, 0.2) is 0 Å². The number of hydrogen-bond donors (Lipinski definition) is 3. The SMILES string of the molecule is CC(C)[C@H](N)C(=O)O.Cc1cc(C)c(N)c(C)c1. The molecule has 0 bridgehead atoms. The van der Waals surface area contributed by atoms with E-state index in [9.17, 15) is 4.79 Å². The Morgan fingerprint density at radius 2 is 1.56 bits per heavy atom. The largest absolute Gasteiger partial charge is 0.480 e. The van der Waals surface area contributed by atoms with E-state index < -0.39 is 12.0 Å². The monoisotopic (exact) mass is 252 g/mol. The van der Waals surface area contributed by atoms with Crippen molar-refractivity contribution in [3.05, 3.63) is 28.8 Å². The second-order valence-corrected chi connectivity index (χ2v) is 4.92. The molecule has 0 aliphatic carbocycles. The van der Waals surface area contributed by atoms with Crippen molar-refractivity contribution >= 4 is 11.7 Å². The van der Waals surface area contributed by atoms with Gasteiger partial charge in [-0.05, 0) is 37.8 Å². The lowest BCUT2D eigenvalue weighted by atomic mass is 10.1. The molecule has 0 saturated heterocycles. The summed E-state index contributed by atoms with van der Waals surface area (Å²) in [6.07, 6.45) is 0. The van der Waals surface area contributed by atoms with Crippen molar-refractivity contribution in [2.45, 2.75) is 40.7 Å². The molecule has 4 nitrogen and oxygen atoms in total. The van der Waals surface area contributed by atoms with Gasteiger partial charge in [-0.3, -0.25) is 4.79 Å². The number of aryl methyl sites for hydroxylation is 3. The number of carboxylic acid groups (broad SMARTS) is 1. The summed E-state index contributed by atoms with van der Waals surface area (Å²) in [6, 6.07) is 3.49. The van der Waals surface area contributed by atoms with Gasteiger partial charge in [0, 0.05) is 5.69 Å². The van der Waals surface area contributed by atoms with Crippen LogP contribution in [-0.2, 0) is 4.79 Å². The zero-order chi connectivity index (χ0) is 14.5. The Morgan fingerprint density at radius 3 is 1.78 bits per heavy atom. The molecule has 0 unspecified atom stereocenters. The van der Waals surface area contributed by atoms with Crippen molar-refractivity contribution in [3.8, 4) is 0 Å². The van der Waals surface area contributed by atoms with E-state index in [2.05, 4.69) is 19.1 Å². The molecule has 5 N–H and O–H groups in total. The van der Waals surface area contributed by atoms with Gasteiger partial charge < -0.3 is 16.6 Å². The minimum absolute atomic E-state index is 0.0208. The van der Waals surface area contributed by atoms with Crippen LogP contribution in [0.2, 0.25) is 0 Å². The van der Waals surface area contributed by atoms with Gasteiger partial charge in [0.25, 0.3) is 0 Å². The first-order valence-corrected chi connectivity index (χ1v) is 5.98. The lowest BCUT2D eigenvalue weighted by Gasteiger charge is -2.07. The van der Waals surface area contributed by atoms with E-state index in [1.165, 1.54) is 16.7 Å². The minimum Gasteiger partial charge on any atom is -0.480 e. The van der Waals surface area contributed by atoms with Gasteiger partial charge in [0.05, 0.1) is 0 Å². The van der Waals surface area contributed by atoms with E-state index in [1.54, 1.807) is 13.8 Å². The number of hydrogen-bond acceptors (Lipinski definition) is 3. The second-order valence-electron chi connectivity index (χ2n) is 4.92. The van der Waals surface area contributed by atoms with E-state index >= 15 is 0 Å². The Hall–Kier alpha value is -1.55. The molecule has 0 aliphatic rings. The molecule has 0 saturated carbocycles. The Kier molecular flexibility index (Phi) is 6.41. The predicted molar refractivity (Wildman–Crippen MR) is 75.5 cm³/mol. The topological polar surface area (TPSA) is 89.3 Å². The van der Waals surface area contributed by atoms with Gasteiger partial charge in [0.1, 0.15) is 6.04 Å². The highest BCUT2D eigenvalue weighted by atomic mass is 16.4. The van der Waals surface area contributed by atoms with Crippen LogP contribution in [0.1, 0.15) is 30.5 Å². The third-order valence-corrected chi connectivity index (χ3v) is 2.74. The van der Waals surface area contributed by atoms with E-state index in [0.717, 1.165) is 5.69 Å². The smallest absolute Gasteiger partial charge is 0.320 e. The van der Waals surface area contributed by atoms with Crippen LogP contribution < -0.4 is 11.5 Å². The van der Waals surface area contributed by atoms with Crippen molar-refractivity contribution in [3.63, 3.8) is 0 Å². The first kappa shape index (κ1) is 16.4. The summed E-state index contributed by atoms with van der Waals surface area (Å²) < 4.78 is 0. The standard InChI is InChI=1S/C9H13N.C5H11NO2/c1-6-4-7(2)9(10)8(3)5-6;1-3(2)4(6)5(7)8/h4-5H,10H2,1-3H3;3-4H,6H2,1-2H3,(H,7,8)/t;4-/m.0/s1. The molecule has 1 aromatic rings. The fourth-order valence-electron chi connectivity index (χ4n) is 1.48. The van der Waals surface area contributed by atoms with Gasteiger partial charge in [0.2, 0.25) is 0 Å². The van der Waals surface area contributed by atoms with Gasteiger partial charge in [-0.15, -0.1) is 0 Å². The van der Waals surface area contributed by atoms with Crippen LogP contribution in [0.5, 0.6) is 0 Å². The zero-order valence-corrected chi connectivity index (χ0v) is 11.8. The van der Waals surface area contributed by atoms with Gasteiger partial charge in [-0.1, -0.05) is 31.5 Å². The van der Waals surface area contributed by atoms with Crippen LogP contribution in [0.3, 0.4) is 0 Å². The van der Waals surface area contributed by atoms with E-state index in [4.69, 9.17) is 16.6 Å². The van der Waals surface area contributed by atoms with Gasteiger partial charge >= 0.3 is 5.97 Å². The average Bonchev–Trinajstić information content (AvgIpc) is 2.25. The second kappa shape index (κ2) is 7.01. The Bertz CT molecular complexity index is 391. The molecule has 18 heavy (non-hydrogen) atoms. The Balaban J connectivity index is 0.000000331. The van der Waals surface area contributed by atoms with Crippen molar-refractivity contribution in [2.24, 2.45) is 11.7 Å². The fraction of sp³-hybridized carbons (Fsp3) is 0.500. The van der Waals surface area contributed by atoms with Gasteiger partial charge in [-0.2, -0.15) is 0 Å². The summed E-state index contributed by atoms with van der Waals surface area (Å²) in [7, 11) is 0. The highest BCUT2D eigenvalue weighted by Gasteiger charge is 2.14. The quantitative estimate of drug-likeness (QED) is 0.704. The van der Waals surface area contributed by atoms with Crippen molar-refractivity contribution in [2.75, 3.05) is 5.73 Å². The first-order chi connectivity index (χ1) is 8.16. The average molecular weight is 252 g/mol. The molecule has 0 amide bonds. The maximum absolute atomic E-state index is 10.0. The highest BCUT2D eigenvalue weighted by molar-refractivity contribution is 5.73. The molecule has 1 atom stereocenters. The number of carbonyl (C=O) groups is 1. The normalized spacial score (nSPS) is 11.7. The summed E-state index contributed by atoms with van der Waals surface area (Å²) >= 11 is 0. The predicted octanol–water partition coefficient (Wildman–Crippen LogP) is 2.25. The lowest BCUT2D eigenvalue weighted by molar-refractivity contribution is -0.139. The van der Waals surface area contributed by atoms with Crippen molar-refractivity contribution in [1.29, 1.82) is 0 Å². The summed E-state index contributed by atoms with van der Waals surface area (Å²) in [5.74, 6) is -0.910. The van der Waals surface area contributed by atoms with E-state index in [1.807, 2.05) is 13.8 Å². The summed E-state index contributed by atoms with van der Waals surface area (Å²) in [6.45, 7) is 9.71. The Labute approximate surface area is 109 Å². The Morgan fingerprint density at radius 1 is 1.17 bits per heavy atom. The molecule has 0 aromatic heterocycles. The minimum atomic E-state index is -0.931. The molecule has 0 radical (unpaired) electrons. The molecule has 1 rings (SSSR count). The third-order valence-electron chi connectivity index (χ3n) is 2.74. The number of aliphatic carboxylic acids is 1. The number of nitrogens with two attached hydrogens (primary N) is 2. The number of nitrogen functional groups attached to an aromatic ring is 1. The molecule has 4 heteroatoms. The summed E-state index contributed by atoms with van der Waals surface area (Å²) in [5.41, 5.74) is 15.5. The molecule has 0 spiro atoms. The third kappa shape index (κ3) is 5.19. The van der Waals surface area contributed by atoms with E-state index in [-0.39, 0.29) is 5.92 Å². The van der Waals surface area contributed by atoms with Crippen LogP contribution in [-0.4, -0.2) is 17.1 Å². The lowest BCUT2D eigenvalue weighted by Crippen LogP contribution is -2.34. The van der Waals surface area contributed by atoms with Crippen LogP contribution in [0.15, 0.2) is 12.1 Å².